The lowest BCUT2D eigenvalue weighted by molar-refractivity contribution is -0.151. The lowest BCUT2D eigenvalue weighted by Gasteiger charge is -2.38. The molecular weight excluding hydrogens is 707 g/mol. The number of cyclic esters (lactones) is 1. The van der Waals surface area contributed by atoms with Crippen LogP contribution in [0.15, 0.2) is 36.0 Å². The predicted octanol–water partition coefficient (Wildman–Crippen LogP) is 4.33. The van der Waals surface area contributed by atoms with Gasteiger partial charge in [-0.25, -0.2) is 7.91 Å². The second-order valence-electron chi connectivity index (χ2n) is 13.6. The Bertz CT molecular complexity index is 1110. The molecule has 0 bridgehead atoms. The number of epoxide rings is 1. The van der Waals surface area contributed by atoms with Gasteiger partial charge < -0.3 is 39.2 Å². The maximum atomic E-state index is 13.2. The van der Waals surface area contributed by atoms with Crippen LogP contribution in [-0.4, -0.2) is 117 Å². The third-order valence-electron chi connectivity index (χ3n) is 9.52. The van der Waals surface area contributed by atoms with Gasteiger partial charge in [0.15, 0.2) is 6.10 Å². The van der Waals surface area contributed by atoms with E-state index < -0.39 is 47.7 Å². The second-order valence-corrected chi connectivity index (χ2v) is 14.9. The van der Waals surface area contributed by atoms with Gasteiger partial charge in [0, 0.05) is 74.4 Å². The number of aliphatic hydroxyl groups excluding tert-OH is 2. The SMILES string of the molecule is CC[C@H](O)[C@@H](C)[C@H]1O[C@@H]1CC(C)(O)/C=C/C=C(\C)[C@H]1OC(=O)C[C@H](O)CC[C@@](C)(OC)[C@@H](OC(=O)N2CCN(I)CC2)/C=C/[C@@H]1C. The number of aliphatic hydroxyl groups is 3. The molecule has 0 aromatic rings. The monoisotopic (exact) mass is 762 g/mol. The average molecular weight is 763 g/mol. The maximum absolute atomic E-state index is 13.2. The highest BCUT2D eigenvalue weighted by Crippen LogP contribution is 2.37. The number of rotatable bonds is 10. The normalized spacial score (nSPS) is 35.3. The first kappa shape index (κ1) is 38.9. The highest BCUT2D eigenvalue weighted by Gasteiger charge is 2.47. The van der Waals surface area contributed by atoms with Crippen molar-refractivity contribution < 1.29 is 43.9 Å². The molecule has 0 radical (unpaired) electrons. The van der Waals surface area contributed by atoms with Crippen LogP contribution in [0, 0.1) is 11.8 Å². The Morgan fingerprint density at radius 1 is 1.28 bits per heavy atom. The Hall–Kier alpha value is -1.55. The van der Waals surface area contributed by atoms with E-state index in [0.29, 0.717) is 32.4 Å². The first-order valence-electron chi connectivity index (χ1n) is 16.5. The van der Waals surface area contributed by atoms with E-state index in [9.17, 15) is 24.9 Å². The quantitative estimate of drug-likeness (QED) is 0.0736. The first-order chi connectivity index (χ1) is 21.6. The summed E-state index contributed by atoms with van der Waals surface area (Å²) in [4.78, 5) is 27.8. The van der Waals surface area contributed by atoms with Crippen molar-refractivity contribution in [3.63, 3.8) is 0 Å². The zero-order valence-corrected chi connectivity index (χ0v) is 30.6. The third-order valence-corrected chi connectivity index (χ3v) is 10.5. The highest BCUT2D eigenvalue weighted by atomic mass is 127. The molecule has 3 rings (SSSR count). The molecule has 3 heterocycles. The topological polar surface area (TPSA) is 142 Å². The van der Waals surface area contributed by atoms with Crippen LogP contribution in [0.1, 0.15) is 73.6 Å². The fourth-order valence-electron chi connectivity index (χ4n) is 6.06. The minimum atomic E-state index is -1.14. The number of piperazine rings is 1. The van der Waals surface area contributed by atoms with Crippen molar-refractivity contribution in [3.8, 4) is 0 Å². The van der Waals surface area contributed by atoms with Gasteiger partial charge in [0.05, 0.1) is 36.4 Å². The van der Waals surface area contributed by atoms with Crippen molar-refractivity contribution in [2.75, 3.05) is 33.3 Å². The molecule has 0 aromatic heterocycles. The van der Waals surface area contributed by atoms with Gasteiger partial charge in [-0.15, -0.1) is 0 Å². The van der Waals surface area contributed by atoms with Crippen LogP contribution in [0.5, 0.6) is 0 Å². The van der Waals surface area contributed by atoms with E-state index in [1.54, 1.807) is 43.2 Å². The number of nitrogens with zero attached hydrogens (tertiary/aromatic N) is 2. The van der Waals surface area contributed by atoms with Crippen molar-refractivity contribution in [1.29, 1.82) is 0 Å². The summed E-state index contributed by atoms with van der Waals surface area (Å²) in [5.41, 5.74) is -1.34. The maximum Gasteiger partial charge on any atom is 0.410 e. The predicted molar refractivity (Wildman–Crippen MR) is 183 cm³/mol. The lowest BCUT2D eigenvalue weighted by Crippen LogP contribution is -2.50. The van der Waals surface area contributed by atoms with E-state index in [0.717, 1.165) is 18.7 Å². The van der Waals surface area contributed by atoms with Crippen LogP contribution in [0.2, 0.25) is 0 Å². The summed E-state index contributed by atoms with van der Waals surface area (Å²) in [5, 5.41) is 31.9. The first-order valence-corrected chi connectivity index (χ1v) is 17.4. The molecule has 11 nitrogen and oxygen atoms in total. The molecule has 0 spiro atoms. The largest absolute Gasteiger partial charge is 0.457 e. The number of hydrogen-bond acceptors (Lipinski definition) is 10. The molecule has 2 saturated heterocycles. The number of esters is 1. The van der Waals surface area contributed by atoms with Gasteiger partial charge in [-0.05, 0) is 51.7 Å². The van der Waals surface area contributed by atoms with E-state index in [1.807, 2.05) is 40.7 Å². The summed E-state index contributed by atoms with van der Waals surface area (Å²) < 4.78 is 25.7. The molecule has 1 unspecified atom stereocenters. The smallest absolute Gasteiger partial charge is 0.410 e. The van der Waals surface area contributed by atoms with Crippen LogP contribution >= 0.6 is 22.9 Å². The van der Waals surface area contributed by atoms with Crippen molar-refractivity contribution in [1.82, 2.24) is 8.01 Å². The molecule has 0 aliphatic carbocycles. The van der Waals surface area contributed by atoms with Gasteiger partial charge in [-0.2, -0.15) is 0 Å². The summed E-state index contributed by atoms with van der Waals surface area (Å²) in [6.45, 7) is 13.8. The van der Waals surface area contributed by atoms with Crippen molar-refractivity contribution >= 4 is 34.9 Å². The minimum Gasteiger partial charge on any atom is -0.457 e. The Morgan fingerprint density at radius 2 is 1.96 bits per heavy atom. The molecule has 2 fully saturated rings. The molecule has 10 atom stereocenters. The zero-order valence-electron chi connectivity index (χ0n) is 28.4. The zero-order chi connectivity index (χ0) is 34.2. The van der Waals surface area contributed by atoms with Crippen LogP contribution in [0.4, 0.5) is 4.79 Å². The van der Waals surface area contributed by atoms with E-state index in [1.165, 1.54) is 0 Å². The summed E-state index contributed by atoms with van der Waals surface area (Å²) >= 11 is 2.25. The average Bonchev–Trinajstić information content (AvgIpc) is 3.77. The van der Waals surface area contributed by atoms with Crippen molar-refractivity contribution in [3.05, 3.63) is 36.0 Å². The molecule has 0 saturated carbocycles. The van der Waals surface area contributed by atoms with E-state index >= 15 is 0 Å². The molecule has 46 heavy (non-hydrogen) atoms. The van der Waals surface area contributed by atoms with Crippen molar-refractivity contribution in [2.24, 2.45) is 11.8 Å². The Kier molecular flexibility index (Phi) is 14.6. The number of hydrogen-bond donors (Lipinski definition) is 3. The lowest BCUT2D eigenvalue weighted by atomic mass is 9.88. The van der Waals surface area contributed by atoms with Crippen LogP contribution in [-0.2, 0) is 23.7 Å². The van der Waals surface area contributed by atoms with E-state index in [2.05, 4.69) is 26.0 Å². The van der Waals surface area contributed by atoms with Crippen LogP contribution < -0.4 is 0 Å². The number of allylic oxidation sites excluding steroid dienone is 2. The summed E-state index contributed by atoms with van der Waals surface area (Å²) in [7, 11) is 1.56. The minimum absolute atomic E-state index is 0.00266. The number of carbonyl (C=O) groups is 2. The standard InChI is InChI=1S/C34H55IN2O9/c1-8-26(39)24(4)31-27(44-31)21-33(5,42)14-9-10-22(2)30-23(3)11-12-28(45-32(41)36-16-18-37(35)19-17-36)34(6,43-7)15-13-25(38)20-29(40)46-30/h9-12,14,23-28,30-31,38-39,42H,8,13,15-21H2,1-7H3/b12-11+,14-9+,22-10+/t23-,24+,25+,26-,27+,28-,30+,31+,33?,34+/m0/s1. The molecule has 3 aliphatic rings. The van der Waals surface area contributed by atoms with Gasteiger partial charge in [0.1, 0.15) is 11.7 Å². The number of halogens is 1. The van der Waals surface area contributed by atoms with Crippen molar-refractivity contribution in [2.45, 2.75) is 121 Å². The Labute approximate surface area is 288 Å². The van der Waals surface area contributed by atoms with Gasteiger partial charge in [-0.1, -0.05) is 45.1 Å². The van der Waals surface area contributed by atoms with Crippen LogP contribution in [0.3, 0.4) is 0 Å². The van der Waals surface area contributed by atoms with Crippen LogP contribution in [0.25, 0.3) is 0 Å². The fourth-order valence-corrected chi connectivity index (χ4v) is 6.49. The summed E-state index contributed by atoms with van der Waals surface area (Å²) in [6.07, 6.45) is 6.96. The third kappa shape index (κ3) is 11.3. The van der Waals surface area contributed by atoms with Gasteiger partial charge in [0.2, 0.25) is 0 Å². The van der Waals surface area contributed by atoms with Gasteiger partial charge >= 0.3 is 12.1 Å². The molecule has 262 valence electrons. The number of ether oxygens (including phenoxy) is 4. The Balaban J connectivity index is 1.77. The fraction of sp³-hybridized carbons (Fsp3) is 0.765. The summed E-state index contributed by atoms with van der Waals surface area (Å²) in [5.74, 6) is -0.835. The molecular formula is C34H55IN2O9. The van der Waals surface area contributed by atoms with Gasteiger partial charge in [-0.3, -0.25) is 4.79 Å². The summed E-state index contributed by atoms with van der Waals surface area (Å²) in [6, 6.07) is 0. The number of methoxy groups -OCH3 is 1. The van der Waals surface area contributed by atoms with Gasteiger partial charge in [0.25, 0.3) is 0 Å². The second kappa shape index (κ2) is 17.2. The number of carbonyl (C=O) groups excluding carboxylic acids is 2. The highest BCUT2D eigenvalue weighted by molar-refractivity contribution is 14.1. The molecule has 3 N–H and O–H groups in total. The molecule has 1 amide bonds. The van der Waals surface area contributed by atoms with E-state index in [-0.39, 0.29) is 36.9 Å². The Morgan fingerprint density at radius 3 is 2.59 bits per heavy atom. The molecule has 12 heteroatoms. The molecule has 0 aromatic carbocycles. The molecule has 3 aliphatic heterocycles. The van der Waals surface area contributed by atoms with E-state index in [4.69, 9.17) is 18.9 Å². The number of amides is 1.